The lowest BCUT2D eigenvalue weighted by molar-refractivity contribution is -0.385. The Morgan fingerprint density at radius 1 is 1.61 bits per heavy atom. The van der Waals surface area contributed by atoms with Gasteiger partial charge in [0.15, 0.2) is 0 Å². The molecule has 0 spiro atoms. The van der Waals surface area contributed by atoms with Gasteiger partial charge in [0.25, 0.3) is 5.69 Å². The van der Waals surface area contributed by atoms with E-state index < -0.39 is 10.9 Å². The second kappa shape index (κ2) is 5.63. The van der Waals surface area contributed by atoms with Crippen molar-refractivity contribution in [3.63, 3.8) is 0 Å². The largest absolute Gasteiger partial charge is 0.481 e. The van der Waals surface area contributed by atoms with Gasteiger partial charge in [-0.05, 0) is 12.1 Å². The van der Waals surface area contributed by atoms with Gasteiger partial charge in [0.1, 0.15) is 11.6 Å². The fourth-order valence-electron chi connectivity index (χ4n) is 1.40. The quantitative estimate of drug-likeness (QED) is 0.623. The molecule has 0 radical (unpaired) electrons. The third-order valence-electron chi connectivity index (χ3n) is 2.40. The Hall–Kier alpha value is -2.62. The van der Waals surface area contributed by atoms with Crippen molar-refractivity contribution in [2.45, 2.75) is 6.42 Å². The molecule has 0 fully saturated rings. The van der Waals surface area contributed by atoms with Crippen molar-refractivity contribution < 1.29 is 14.8 Å². The highest BCUT2D eigenvalue weighted by Gasteiger charge is 2.15. The number of nitro groups is 1. The fraction of sp³-hybridized carbons (Fsp3) is 0.273. The van der Waals surface area contributed by atoms with Crippen LogP contribution in [0.25, 0.3) is 0 Å². The van der Waals surface area contributed by atoms with E-state index in [1.165, 1.54) is 12.1 Å². The summed E-state index contributed by atoms with van der Waals surface area (Å²) in [5.74, 6) is -0.940. The molecule has 94 valence electrons. The second-order valence-electron chi connectivity index (χ2n) is 3.64. The Bertz CT molecular complexity index is 522. The van der Waals surface area contributed by atoms with Crippen LogP contribution in [-0.4, -0.2) is 29.6 Å². The monoisotopic (exact) mass is 249 g/mol. The van der Waals surface area contributed by atoms with Gasteiger partial charge in [-0.3, -0.25) is 14.9 Å². The molecule has 0 aliphatic carbocycles. The molecule has 0 aliphatic heterocycles. The summed E-state index contributed by atoms with van der Waals surface area (Å²) in [5.41, 5.74) is 0.203. The molecule has 7 nitrogen and oxygen atoms in total. The predicted octanol–water partition coefficient (Wildman–Crippen LogP) is 1.38. The number of benzene rings is 1. The Balaban J connectivity index is 2.98. The van der Waals surface area contributed by atoms with Crippen LogP contribution in [0.2, 0.25) is 0 Å². The van der Waals surface area contributed by atoms with Crippen LogP contribution in [0.15, 0.2) is 18.2 Å². The summed E-state index contributed by atoms with van der Waals surface area (Å²) in [7, 11) is 1.63. The van der Waals surface area contributed by atoms with Gasteiger partial charge in [-0.2, -0.15) is 5.26 Å². The van der Waals surface area contributed by atoms with Gasteiger partial charge in [-0.15, -0.1) is 0 Å². The van der Waals surface area contributed by atoms with Gasteiger partial charge in [0, 0.05) is 25.3 Å². The van der Waals surface area contributed by atoms with Gasteiger partial charge in [-0.1, -0.05) is 0 Å². The molecule has 0 saturated heterocycles. The summed E-state index contributed by atoms with van der Waals surface area (Å²) in [6, 6.07) is 5.90. The van der Waals surface area contributed by atoms with E-state index in [1.807, 2.05) is 0 Å². The van der Waals surface area contributed by atoms with Crippen LogP contribution < -0.4 is 4.90 Å². The lowest BCUT2D eigenvalue weighted by Crippen LogP contribution is -2.21. The summed E-state index contributed by atoms with van der Waals surface area (Å²) in [6.45, 7) is 0.235. The van der Waals surface area contributed by atoms with Crippen LogP contribution in [0.5, 0.6) is 0 Å². The highest BCUT2D eigenvalue weighted by Crippen LogP contribution is 2.24. The van der Waals surface area contributed by atoms with E-state index in [4.69, 9.17) is 10.4 Å². The van der Waals surface area contributed by atoms with Gasteiger partial charge < -0.3 is 10.0 Å². The number of rotatable bonds is 5. The number of nitrogens with zero attached hydrogens (tertiary/aromatic N) is 3. The van der Waals surface area contributed by atoms with Crippen molar-refractivity contribution in [1.29, 1.82) is 5.26 Å². The summed E-state index contributed by atoms with van der Waals surface area (Å²) < 4.78 is 0. The molecule has 0 heterocycles. The number of nitriles is 1. The van der Waals surface area contributed by atoms with E-state index in [0.29, 0.717) is 5.69 Å². The van der Waals surface area contributed by atoms with E-state index in [1.54, 1.807) is 24.1 Å². The number of hydrogen-bond donors (Lipinski definition) is 1. The number of carboxylic acids is 1. The van der Waals surface area contributed by atoms with Crippen LogP contribution in [-0.2, 0) is 4.79 Å². The van der Waals surface area contributed by atoms with Gasteiger partial charge in [0.05, 0.1) is 11.3 Å². The normalized spacial score (nSPS) is 9.56. The van der Waals surface area contributed by atoms with E-state index in [2.05, 4.69) is 0 Å². The zero-order valence-corrected chi connectivity index (χ0v) is 9.66. The lowest BCUT2D eigenvalue weighted by Gasteiger charge is -2.17. The zero-order valence-electron chi connectivity index (χ0n) is 9.66. The molecule has 0 amide bonds. The standard InChI is InChI=1S/C11H11N3O4/c1-13(5-4-11(15)16)9-3-2-8(7-12)10(6-9)14(17)18/h2-3,6H,4-5H2,1H3,(H,15,16). The van der Waals surface area contributed by atoms with Crippen LogP contribution in [0.4, 0.5) is 11.4 Å². The van der Waals surface area contributed by atoms with Crippen LogP contribution in [0.3, 0.4) is 0 Å². The van der Waals surface area contributed by atoms with Crippen molar-refractivity contribution >= 4 is 17.3 Å². The highest BCUT2D eigenvalue weighted by atomic mass is 16.6. The molecular formula is C11H11N3O4. The maximum atomic E-state index is 10.8. The van der Waals surface area contributed by atoms with Crippen LogP contribution in [0, 0.1) is 21.4 Å². The SMILES string of the molecule is CN(CCC(=O)O)c1ccc(C#N)c([N+](=O)[O-])c1. The smallest absolute Gasteiger partial charge is 0.305 e. The molecule has 7 heteroatoms. The number of hydrogen-bond acceptors (Lipinski definition) is 5. The average molecular weight is 249 g/mol. The number of nitro benzene ring substituents is 1. The minimum absolute atomic E-state index is 0.0182. The van der Waals surface area contributed by atoms with Gasteiger partial charge >= 0.3 is 5.97 Å². The van der Waals surface area contributed by atoms with E-state index >= 15 is 0 Å². The molecule has 1 aromatic rings. The number of carboxylic acid groups (broad SMARTS) is 1. The zero-order chi connectivity index (χ0) is 13.7. The Morgan fingerprint density at radius 2 is 2.28 bits per heavy atom. The first kappa shape index (κ1) is 13.4. The van der Waals surface area contributed by atoms with Crippen molar-refractivity contribution in [3.8, 4) is 6.07 Å². The van der Waals surface area contributed by atoms with Crippen LogP contribution in [0.1, 0.15) is 12.0 Å². The maximum absolute atomic E-state index is 10.8. The molecule has 1 N–H and O–H groups in total. The van der Waals surface area contributed by atoms with Gasteiger partial charge in [0.2, 0.25) is 0 Å². The minimum Gasteiger partial charge on any atom is -0.481 e. The topological polar surface area (TPSA) is 107 Å². The van der Waals surface area contributed by atoms with Crippen molar-refractivity contribution in [2.75, 3.05) is 18.5 Å². The Kier molecular flexibility index (Phi) is 4.21. The van der Waals surface area contributed by atoms with Crippen LogP contribution >= 0.6 is 0 Å². The number of anilines is 1. The van der Waals surface area contributed by atoms with E-state index in [0.717, 1.165) is 0 Å². The summed E-state index contributed by atoms with van der Waals surface area (Å²) in [6.07, 6.45) is -0.0652. The molecule has 1 aromatic carbocycles. The molecule has 0 atom stereocenters. The highest BCUT2D eigenvalue weighted by molar-refractivity contribution is 5.68. The first-order valence-corrected chi connectivity index (χ1v) is 5.07. The van der Waals surface area contributed by atoms with Gasteiger partial charge in [-0.25, -0.2) is 0 Å². The predicted molar refractivity (Wildman–Crippen MR) is 63.3 cm³/mol. The Labute approximate surface area is 103 Å². The second-order valence-corrected chi connectivity index (χ2v) is 3.64. The third kappa shape index (κ3) is 3.18. The van der Waals surface area contributed by atoms with Crippen molar-refractivity contribution in [1.82, 2.24) is 0 Å². The molecular weight excluding hydrogens is 238 g/mol. The first-order chi connectivity index (χ1) is 8.45. The molecule has 0 aromatic heterocycles. The van der Waals surface area contributed by atoms with E-state index in [9.17, 15) is 14.9 Å². The van der Waals surface area contributed by atoms with Crippen molar-refractivity contribution in [2.24, 2.45) is 0 Å². The molecule has 0 bridgehead atoms. The molecule has 0 aliphatic rings. The first-order valence-electron chi connectivity index (χ1n) is 5.07. The summed E-state index contributed by atoms with van der Waals surface area (Å²) >= 11 is 0. The minimum atomic E-state index is -0.940. The maximum Gasteiger partial charge on any atom is 0.305 e. The fourth-order valence-corrected chi connectivity index (χ4v) is 1.40. The Morgan fingerprint density at radius 3 is 2.78 bits per heavy atom. The van der Waals surface area contributed by atoms with E-state index in [-0.39, 0.29) is 24.2 Å². The molecule has 0 saturated carbocycles. The molecule has 18 heavy (non-hydrogen) atoms. The number of carbonyl (C=O) groups is 1. The third-order valence-corrected chi connectivity index (χ3v) is 2.40. The summed E-state index contributed by atoms with van der Waals surface area (Å²) in [5, 5.41) is 28.0. The average Bonchev–Trinajstić information content (AvgIpc) is 2.34. The number of aliphatic carboxylic acids is 1. The summed E-state index contributed by atoms with van der Waals surface area (Å²) in [4.78, 5) is 22.1. The molecule has 0 unspecified atom stereocenters. The molecule has 1 rings (SSSR count). The van der Waals surface area contributed by atoms with Crippen molar-refractivity contribution in [3.05, 3.63) is 33.9 Å². The lowest BCUT2D eigenvalue weighted by atomic mass is 10.1.